The number of piperidine rings is 1. The summed E-state index contributed by atoms with van der Waals surface area (Å²) < 4.78 is 0. The normalized spacial score (nSPS) is 18.7. The number of nitrogens with one attached hydrogen (secondary N) is 1. The molecular weight excluding hydrogens is 438 g/mol. The Kier molecular flexibility index (Phi) is 11.5. The minimum Gasteiger partial charge on any atom is -0.349 e. The largest absolute Gasteiger partial charge is 0.349 e. The molecule has 0 spiro atoms. The molecule has 2 aliphatic rings. The fourth-order valence-corrected chi connectivity index (χ4v) is 4.68. The summed E-state index contributed by atoms with van der Waals surface area (Å²) in [7, 11) is 3.69. The zero-order chi connectivity index (χ0) is 26.1. The van der Waals surface area contributed by atoms with Gasteiger partial charge in [0.1, 0.15) is 0 Å². The molecule has 1 atom stereocenters. The van der Waals surface area contributed by atoms with Gasteiger partial charge in [0.2, 0.25) is 5.91 Å². The number of carbonyl (C=O) groups is 2. The number of hydrogen-bond donors (Lipinski definition) is 1. The number of benzene rings is 1. The topological polar surface area (TPSA) is 59.1 Å². The van der Waals surface area contributed by atoms with Gasteiger partial charge in [0.05, 0.1) is 6.04 Å². The molecule has 2 fully saturated rings. The van der Waals surface area contributed by atoms with Gasteiger partial charge in [-0.3, -0.25) is 9.69 Å². The Balaban J connectivity index is 0.000000269. The molecule has 35 heavy (non-hydrogen) atoms. The van der Waals surface area contributed by atoms with Crippen LogP contribution in [0, 0.1) is 12.8 Å². The fourth-order valence-electron chi connectivity index (χ4n) is 4.68. The molecule has 1 N–H and O–H groups in total. The molecule has 1 aromatic carbocycles. The van der Waals surface area contributed by atoms with E-state index in [0.717, 1.165) is 57.7 Å². The molecule has 0 radical (unpaired) electrons. The predicted molar refractivity (Wildman–Crippen MR) is 145 cm³/mol. The maximum atomic E-state index is 12.3. The minimum absolute atomic E-state index is 0.0428. The summed E-state index contributed by atoms with van der Waals surface area (Å²) in [6.45, 7) is 18.6. The maximum absolute atomic E-state index is 12.3. The van der Waals surface area contributed by atoms with Crippen LogP contribution in [0.3, 0.4) is 0 Å². The van der Waals surface area contributed by atoms with Gasteiger partial charge < -0.3 is 20.0 Å². The number of hydrogen-bond acceptors (Lipinski definition) is 4. The molecule has 2 saturated heterocycles. The lowest BCUT2D eigenvalue weighted by Gasteiger charge is -2.37. The van der Waals surface area contributed by atoms with Crippen LogP contribution in [-0.2, 0) is 4.79 Å². The molecule has 0 bridgehead atoms. The van der Waals surface area contributed by atoms with Gasteiger partial charge in [-0.25, -0.2) is 4.79 Å². The van der Waals surface area contributed by atoms with Gasteiger partial charge in [-0.05, 0) is 73.0 Å². The van der Waals surface area contributed by atoms with Crippen molar-refractivity contribution in [2.24, 2.45) is 5.92 Å². The molecule has 3 rings (SSSR count). The van der Waals surface area contributed by atoms with Crippen LogP contribution in [-0.4, -0.2) is 97.0 Å². The van der Waals surface area contributed by atoms with E-state index in [4.69, 9.17) is 0 Å². The summed E-state index contributed by atoms with van der Waals surface area (Å²) in [5, 5.41) is 3.10. The number of likely N-dealkylation sites (tertiary alicyclic amines) is 1. The van der Waals surface area contributed by atoms with Crippen molar-refractivity contribution in [2.75, 3.05) is 53.4 Å². The van der Waals surface area contributed by atoms with Crippen LogP contribution >= 0.6 is 0 Å². The molecule has 0 aliphatic carbocycles. The Bertz CT molecular complexity index is 777. The quantitative estimate of drug-likeness (QED) is 0.682. The van der Waals surface area contributed by atoms with Crippen LogP contribution in [0.5, 0.6) is 0 Å². The predicted octanol–water partition coefficient (Wildman–Crippen LogP) is 3.99. The molecule has 0 saturated carbocycles. The van der Waals surface area contributed by atoms with Crippen molar-refractivity contribution >= 4 is 11.9 Å². The third-order valence-electron chi connectivity index (χ3n) is 7.30. The molecule has 3 amide bonds. The Morgan fingerprint density at radius 1 is 0.829 bits per heavy atom. The molecule has 1 unspecified atom stereocenters. The van der Waals surface area contributed by atoms with Gasteiger partial charge in [-0.2, -0.15) is 0 Å². The van der Waals surface area contributed by atoms with Crippen molar-refractivity contribution in [3.63, 3.8) is 0 Å². The SMILES string of the molecule is CC(C)N1CCC(C(=O)N(C)C)CC1.Cc1ccc(C(C)NC(=O)N2CCN(C(C)C)CC2)cc1. The zero-order valence-corrected chi connectivity index (χ0v) is 23.4. The van der Waals surface area contributed by atoms with Gasteiger partial charge in [-0.15, -0.1) is 0 Å². The maximum Gasteiger partial charge on any atom is 0.317 e. The molecule has 2 aliphatic heterocycles. The van der Waals surface area contributed by atoms with Crippen LogP contribution < -0.4 is 5.32 Å². The third-order valence-corrected chi connectivity index (χ3v) is 7.30. The summed E-state index contributed by atoms with van der Waals surface area (Å²) in [6.07, 6.45) is 2.05. The van der Waals surface area contributed by atoms with E-state index < -0.39 is 0 Å². The van der Waals surface area contributed by atoms with Crippen molar-refractivity contribution in [1.29, 1.82) is 0 Å². The molecule has 1 aromatic rings. The van der Waals surface area contributed by atoms with Gasteiger partial charge in [-0.1, -0.05) is 29.8 Å². The van der Waals surface area contributed by atoms with Crippen LogP contribution in [0.25, 0.3) is 0 Å². The first kappa shape index (κ1) is 29.1. The van der Waals surface area contributed by atoms with Crippen molar-refractivity contribution in [3.05, 3.63) is 35.4 Å². The van der Waals surface area contributed by atoms with Gasteiger partial charge >= 0.3 is 6.03 Å². The first-order valence-corrected chi connectivity index (χ1v) is 13.3. The zero-order valence-electron chi connectivity index (χ0n) is 23.4. The number of piperazine rings is 1. The lowest BCUT2D eigenvalue weighted by atomic mass is 9.95. The first-order chi connectivity index (χ1) is 16.5. The Labute approximate surface area is 213 Å². The van der Waals surface area contributed by atoms with Crippen molar-refractivity contribution < 1.29 is 9.59 Å². The fraction of sp³-hybridized carbons (Fsp3) is 0.714. The molecule has 198 valence electrons. The summed E-state index contributed by atoms with van der Waals surface area (Å²) in [5.41, 5.74) is 2.39. The van der Waals surface area contributed by atoms with E-state index in [1.807, 2.05) is 25.9 Å². The van der Waals surface area contributed by atoms with Crippen molar-refractivity contribution in [1.82, 2.24) is 24.9 Å². The third kappa shape index (κ3) is 9.12. The van der Waals surface area contributed by atoms with E-state index in [-0.39, 0.29) is 18.0 Å². The van der Waals surface area contributed by atoms with Gasteiger partial charge in [0, 0.05) is 58.3 Å². The van der Waals surface area contributed by atoms with Crippen LogP contribution in [0.2, 0.25) is 0 Å². The first-order valence-electron chi connectivity index (χ1n) is 13.3. The Hall–Kier alpha value is -2.12. The highest BCUT2D eigenvalue weighted by Gasteiger charge is 2.27. The summed E-state index contributed by atoms with van der Waals surface area (Å²) >= 11 is 0. The van der Waals surface area contributed by atoms with E-state index in [9.17, 15) is 9.59 Å². The van der Waals surface area contributed by atoms with E-state index in [1.54, 1.807) is 4.90 Å². The highest BCUT2D eigenvalue weighted by Crippen LogP contribution is 2.20. The minimum atomic E-state index is 0.0428. The number of carbonyl (C=O) groups excluding carboxylic acids is 2. The highest BCUT2D eigenvalue weighted by atomic mass is 16.2. The second-order valence-electron chi connectivity index (χ2n) is 10.8. The number of aryl methyl sites for hydroxylation is 1. The van der Waals surface area contributed by atoms with Crippen LogP contribution in [0.1, 0.15) is 64.6 Å². The van der Waals surface area contributed by atoms with Gasteiger partial charge in [0.25, 0.3) is 0 Å². The van der Waals surface area contributed by atoms with Crippen LogP contribution in [0.15, 0.2) is 24.3 Å². The van der Waals surface area contributed by atoms with Crippen molar-refractivity contribution in [2.45, 2.75) is 72.5 Å². The second-order valence-corrected chi connectivity index (χ2v) is 10.8. The number of amides is 3. The number of rotatable bonds is 5. The number of urea groups is 1. The smallest absolute Gasteiger partial charge is 0.317 e. The van der Waals surface area contributed by atoms with E-state index in [2.05, 4.69) is 74.0 Å². The second kappa shape index (κ2) is 13.8. The van der Waals surface area contributed by atoms with E-state index in [0.29, 0.717) is 18.0 Å². The molecule has 2 heterocycles. The average molecular weight is 488 g/mol. The molecule has 0 aromatic heterocycles. The van der Waals surface area contributed by atoms with Gasteiger partial charge in [0.15, 0.2) is 0 Å². The molecule has 7 nitrogen and oxygen atoms in total. The summed E-state index contributed by atoms with van der Waals surface area (Å²) in [5.74, 6) is 0.563. The lowest BCUT2D eigenvalue weighted by molar-refractivity contribution is -0.134. The lowest BCUT2D eigenvalue weighted by Crippen LogP contribution is -2.53. The summed E-state index contributed by atoms with van der Waals surface area (Å²) in [6, 6.07) is 9.59. The molecule has 7 heteroatoms. The van der Waals surface area contributed by atoms with Crippen molar-refractivity contribution in [3.8, 4) is 0 Å². The standard InChI is InChI=1S/C17H27N3O.C11H22N2O/c1-13(2)19-9-11-20(12-10-19)17(21)18-15(4)16-7-5-14(3)6-8-16;1-9(2)13-7-5-10(6-8-13)11(14)12(3)4/h5-8,13,15H,9-12H2,1-4H3,(H,18,21);9-10H,5-8H2,1-4H3. The Morgan fingerprint density at radius 3 is 1.77 bits per heavy atom. The van der Waals surface area contributed by atoms with E-state index in [1.165, 1.54) is 5.56 Å². The highest BCUT2D eigenvalue weighted by molar-refractivity contribution is 5.78. The molecular formula is C28H49N5O2. The van der Waals surface area contributed by atoms with Crippen LogP contribution in [0.4, 0.5) is 4.79 Å². The Morgan fingerprint density at radius 2 is 1.31 bits per heavy atom. The monoisotopic (exact) mass is 487 g/mol. The number of nitrogens with zero attached hydrogens (tertiary/aromatic N) is 4. The average Bonchev–Trinajstić information content (AvgIpc) is 2.84. The summed E-state index contributed by atoms with van der Waals surface area (Å²) in [4.78, 5) is 32.5. The van der Waals surface area contributed by atoms with E-state index >= 15 is 0 Å².